The Labute approximate surface area is 198 Å². The monoisotopic (exact) mass is 480 g/mol. The number of pyridine rings is 1. The normalized spacial score (nSPS) is 10.7. The van der Waals surface area contributed by atoms with Crippen molar-refractivity contribution in [2.45, 2.75) is 6.42 Å². The molecule has 0 atom stereocenters. The molecule has 3 aromatic carbocycles. The van der Waals surface area contributed by atoms with Crippen LogP contribution in [-0.4, -0.2) is 16.7 Å². The number of ketones is 1. The summed E-state index contributed by atoms with van der Waals surface area (Å²) < 4.78 is 42.5. The largest absolute Gasteiger partial charge is 0.288 e. The van der Waals surface area contributed by atoms with Crippen molar-refractivity contribution in [2.75, 3.05) is 4.90 Å². The van der Waals surface area contributed by atoms with Gasteiger partial charge in [0.2, 0.25) is 5.91 Å². The summed E-state index contributed by atoms with van der Waals surface area (Å²) in [5.41, 5.74) is 0.283. The van der Waals surface area contributed by atoms with E-state index in [0.29, 0.717) is 5.56 Å². The summed E-state index contributed by atoms with van der Waals surface area (Å²) in [4.78, 5) is 30.9. The van der Waals surface area contributed by atoms with Gasteiger partial charge < -0.3 is 0 Å². The van der Waals surface area contributed by atoms with Crippen LogP contribution in [0.25, 0.3) is 0 Å². The predicted octanol–water partition coefficient (Wildman–Crippen LogP) is 6.29. The quantitative estimate of drug-likeness (QED) is 0.305. The Kier molecular flexibility index (Phi) is 6.75. The lowest BCUT2D eigenvalue weighted by Gasteiger charge is -2.23. The molecule has 4 nitrogen and oxygen atoms in total. The van der Waals surface area contributed by atoms with Crippen molar-refractivity contribution in [3.05, 3.63) is 124 Å². The van der Waals surface area contributed by atoms with E-state index in [2.05, 4.69) is 4.98 Å². The first kappa shape index (κ1) is 23.2. The molecule has 4 aromatic rings. The van der Waals surface area contributed by atoms with Crippen LogP contribution >= 0.6 is 11.6 Å². The third-order valence-electron chi connectivity index (χ3n) is 5.04. The van der Waals surface area contributed by atoms with Crippen molar-refractivity contribution in [1.29, 1.82) is 0 Å². The molecule has 0 unspecified atom stereocenters. The minimum absolute atomic E-state index is 0.0909. The zero-order chi connectivity index (χ0) is 24.2. The van der Waals surface area contributed by atoms with Crippen molar-refractivity contribution in [1.82, 2.24) is 4.98 Å². The standard InChI is InChI=1S/C26H16ClF3N2O2/c27-20-5-2-1-4-19(20)26(34)17-10-13-23(31-15-17)32(25-21(29)6-3-7-22(25)30)24(33)14-16-8-11-18(28)12-9-16/h1-13,15H,14H2. The SMILES string of the molecule is O=C(c1ccc(N(C(=O)Cc2ccc(F)cc2)c2c(F)cccc2F)nc1)c1ccccc1Cl. The van der Waals surface area contributed by atoms with Crippen LogP contribution in [0.4, 0.5) is 24.7 Å². The fourth-order valence-corrected chi connectivity index (χ4v) is 3.60. The van der Waals surface area contributed by atoms with Gasteiger partial charge in [0.05, 0.1) is 11.4 Å². The molecule has 1 heterocycles. The molecular formula is C26H16ClF3N2O2. The van der Waals surface area contributed by atoms with Gasteiger partial charge in [0.25, 0.3) is 0 Å². The van der Waals surface area contributed by atoms with E-state index in [9.17, 15) is 22.8 Å². The molecule has 0 saturated carbocycles. The Morgan fingerprint density at radius 2 is 1.50 bits per heavy atom. The summed E-state index contributed by atoms with van der Waals surface area (Å²) >= 11 is 6.09. The Morgan fingerprint density at radius 3 is 2.12 bits per heavy atom. The maximum atomic E-state index is 14.6. The van der Waals surface area contributed by atoms with Gasteiger partial charge in [0.15, 0.2) is 5.78 Å². The van der Waals surface area contributed by atoms with Crippen molar-refractivity contribution in [3.8, 4) is 0 Å². The van der Waals surface area contributed by atoms with Gasteiger partial charge in [-0.15, -0.1) is 0 Å². The van der Waals surface area contributed by atoms with Crippen molar-refractivity contribution >= 4 is 34.8 Å². The van der Waals surface area contributed by atoms with Crippen molar-refractivity contribution in [3.63, 3.8) is 0 Å². The second kappa shape index (κ2) is 9.89. The smallest absolute Gasteiger partial charge is 0.237 e. The highest BCUT2D eigenvalue weighted by atomic mass is 35.5. The van der Waals surface area contributed by atoms with E-state index in [-0.39, 0.29) is 28.4 Å². The maximum absolute atomic E-state index is 14.6. The van der Waals surface area contributed by atoms with Gasteiger partial charge >= 0.3 is 0 Å². The molecule has 34 heavy (non-hydrogen) atoms. The van der Waals surface area contributed by atoms with Gasteiger partial charge in [-0.05, 0) is 54.1 Å². The first-order chi connectivity index (χ1) is 16.3. The molecule has 0 aliphatic rings. The third kappa shape index (κ3) is 4.84. The van der Waals surface area contributed by atoms with Crippen LogP contribution in [0, 0.1) is 17.5 Å². The summed E-state index contributed by atoms with van der Waals surface area (Å²) in [5, 5.41) is 0.265. The lowest BCUT2D eigenvalue weighted by Crippen LogP contribution is -2.30. The van der Waals surface area contributed by atoms with Gasteiger partial charge in [-0.3, -0.25) is 14.5 Å². The average Bonchev–Trinajstić information content (AvgIpc) is 2.83. The fraction of sp³-hybridized carbons (Fsp3) is 0.0385. The Hall–Kier alpha value is -3.97. The molecule has 4 rings (SSSR count). The Bertz CT molecular complexity index is 1340. The molecule has 0 bridgehead atoms. The molecule has 0 aliphatic carbocycles. The molecule has 170 valence electrons. The number of amides is 1. The highest BCUT2D eigenvalue weighted by Gasteiger charge is 2.26. The summed E-state index contributed by atoms with van der Waals surface area (Å²) in [6.07, 6.45) is 0.938. The van der Waals surface area contributed by atoms with E-state index < -0.39 is 34.8 Å². The number of benzene rings is 3. The average molecular weight is 481 g/mol. The van der Waals surface area contributed by atoms with E-state index in [1.54, 1.807) is 24.3 Å². The molecule has 0 spiro atoms. The molecule has 0 aliphatic heterocycles. The predicted molar refractivity (Wildman–Crippen MR) is 123 cm³/mol. The highest BCUT2D eigenvalue weighted by Crippen LogP contribution is 2.31. The van der Waals surface area contributed by atoms with E-state index in [0.717, 1.165) is 17.0 Å². The number of aromatic nitrogens is 1. The van der Waals surface area contributed by atoms with Crippen molar-refractivity contribution < 1.29 is 22.8 Å². The summed E-state index contributed by atoms with van der Waals surface area (Å²) in [5.74, 6) is -3.60. The minimum atomic E-state index is -0.967. The first-order valence-corrected chi connectivity index (χ1v) is 10.5. The number of nitrogens with zero attached hydrogens (tertiary/aromatic N) is 2. The van der Waals surface area contributed by atoms with Crippen molar-refractivity contribution in [2.24, 2.45) is 0 Å². The van der Waals surface area contributed by atoms with Crippen LogP contribution in [0.1, 0.15) is 21.5 Å². The van der Waals surface area contributed by atoms with Crippen LogP contribution in [0.2, 0.25) is 5.02 Å². The van der Waals surface area contributed by atoms with E-state index in [1.807, 2.05) is 0 Å². The number of carbonyl (C=O) groups is 2. The van der Waals surface area contributed by atoms with E-state index in [1.165, 1.54) is 48.7 Å². The summed E-state index contributed by atoms with van der Waals surface area (Å²) in [6, 6.07) is 17.6. The van der Waals surface area contributed by atoms with Gasteiger partial charge in [0, 0.05) is 17.3 Å². The number of hydrogen-bond acceptors (Lipinski definition) is 3. The molecule has 0 saturated heterocycles. The Balaban J connectivity index is 1.71. The third-order valence-corrected chi connectivity index (χ3v) is 5.37. The zero-order valence-corrected chi connectivity index (χ0v) is 18.3. The number of halogens is 4. The van der Waals surface area contributed by atoms with E-state index >= 15 is 0 Å². The maximum Gasteiger partial charge on any atom is 0.237 e. The van der Waals surface area contributed by atoms with Gasteiger partial charge in [-0.2, -0.15) is 0 Å². The highest BCUT2D eigenvalue weighted by molar-refractivity contribution is 6.34. The first-order valence-electron chi connectivity index (χ1n) is 10.1. The minimum Gasteiger partial charge on any atom is -0.288 e. The molecule has 1 aromatic heterocycles. The molecule has 0 radical (unpaired) electrons. The van der Waals surface area contributed by atoms with Crippen LogP contribution in [0.3, 0.4) is 0 Å². The molecular weight excluding hydrogens is 465 g/mol. The second-order valence-electron chi connectivity index (χ2n) is 7.32. The van der Waals surface area contributed by atoms with E-state index in [4.69, 9.17) is 11.6 Å². The lowest BCUT2D eigenvalue weighted by atomic mass is 10.0. The van der Waals surface area contributed by atoms with Crippen LogP contribution in [0.5, 0.6) is 0 Å². The summed E-state index contributed by atoms with van der Waals surface area (Å²) in [6.45, 7) is 0. The van der Waals surface area contributed by atoms with Gasteiger partial charge in [-0.25, -0.2) is 18.2 Å². The molecule has 8 heteroatoms. The number of carbonyl (C=O) groups excluding carboxylic acids is 2. The second-order valence-corrected chi connectivity index (χ2v) is 7.72. The number of hydrogen-bond donors (Lipinski definition) is 0. The molecule has 0 N–H and O–H groups in total. The number of para-hydroxylation sites is 1. The van der Waals surface area contributed by atoms with Crippen LogP contribution < -0.4 is 4.90 Å². The number of anilines is 2. The van der Waals surface area contributed by atoms with Crippen LogP contribution in [0.15, 0.2) is 85.1 Å². The van der Waals surface area contributed by atoms with Gasteiger partial charge in [0.1, 0.15) is 29.0 Å². The Morgan fingerprint density at radius 1 is 0.824 bits per heavy atom. The lowest BCUT2D eigenvalue weighted by molar-refractivity contribution is -0.117. The molecule has 0 fully saturated rings. The zero-order valence-electron chi connectivity index (χ0n) is 17.5. The number of rotatable bonds is 6. The fourth-order valence-electron chi connectivity index (χ4n) is 3.38. The van der Waals surface area contributed by atoms with Gasteiger partial charge in [-0.1, -0.05) is 41.9 Å². The topological polar surface area (TPSA) is 50.3 Å². The summed E-state index contributed by atoms with van der Waals surface area (Å²) in [7, 11) is 0. The molecule has 1 amide bonds. The van der Waals surface area contributed by atoms with Crippen LogP contribution in [-0.2, 0) is 11.2 Å².